The van der Waals surface area contributed by atoms with E-state index in [9.17, 15) is 0 Å². The first-order chi connectivity index (χ1) is 4.84. The summed E-state index contributed by atoms with van der Waals surface area (Å²) in [6.45, 7) is 2.10. The summed E-state index contributed by atoms with van der Waals surface area (Å²) in [6, 6.07) is 0.628. The molecule has 1 unspecified atom stereocenters. The van der Waals surface area contributed by atoms with Crippen molar-refractivity contribution in [3.8, 4) is 0 Å². The molecule has 3 N–H and O–H groups in total. The van der Waals surface area contributed by atoms with Crippen molar-refractivity contribution in [1.29, 1.82) is 0 Å². The van der Waals surface area contributed by atoms with Crippen molar-refractivity contribution >= 4 is 11.8 Å². The van der Waals surface area contributed by atoms with Gasteiger partial charge in [-0.05, 0) is 7.05 Å². The van der Waals surface area contributed by atoms with Crippen LogP contribution in [0.15, 0.2) is 0 Å². The number of nitrogens with zero attached hydrogens (tertiary/aromatic N) is 1. The van der Waals surface area contributed by atoms with Gasteiger partial charge in [0.25, 0.3) is 0 Å². The van der Waals surface area contributed by atoms with E-state index in [1.165, 1.54) is 18.1 Å². The third-order valence-electron chi connectivity index (χ3n) is 1.88. The van der Waals surface area contributed by atoms with Gasteiger partial charge in [-0.2, -0.15) is 11.8 Å². The van der Waals surface area contributed by atoms with E-state index in [0.29, 0.717) is 6.04 Å². The molecule has 60 valence electrons. The maximum Gasteiger partial charge on any atom is 0.0322 e. The fraction of sp³-hybridized carbons (Fsp3) is 1.00. The summed E-state index contributed by atoms with van der Waals surface area (Å²) in [7, 11) is 2.15. The van der Waals surface area contributed by atoms with Crippen LogP contribution in [0, 0.1) is 0 Å². The Bertz CT molecular complexity index is 97.0. The van der Waals surface area contributed by atoms with Crippen molar-refractivity contribution in [3.63, 3.8) is 0 Å². The molecule has 0 saturated carbocycles. The summed E-state index contributed by atoms with van der Waals surface area (Å²) in [5.41, 5.74) is 2.71. The van der Waals surface area contributed by atoms with Crippen molar-refractivity contribution < 1.29 is 0 Å². The highest BCUT2D eigenvalue weighted by Gasteiger charge is 2.17. The first-order valence-electron chi connectivity index (χ1n) is 3.56. The molecular formula is C6H15N3S. The lowest BCUT2D eigenvalue weighted by Crippen LogP contribution is -2.47. The maximum atomic E-state index is 5.24. The molecule has 4 heteroatoms. The van der Waals surface area contributed by atoms with Crippen LogP contribution in [0.3, 0.4) is 0 Å². The van der Waals surface area contributed by atoms with Crippen LogP contribution in [0.4, 0.5) is 0 Å². The van der Waals surface area contributed by atoms with E-state index in [1.807, 2.05) is 11.8 Å². The van der Waals surface area contributed by atoms with Crippen LogP contribution < -0.4 is 11.3 Å². The Morgan fingerprint density at radius 2 is 2.60 bits per heavy atom. The first-order valence-corrected chi connectivity index (χ1v) is 4.71. The Labute approximate surface area is 66.3 Å². The lowest BCUT2D eigenvalue weighted by atomic mass is 10.3. The number of thioether (sulfide) groups is 1. The number of rotatable bonds is 2. The Kier molecular flexibility index (Phi) is 3.48. The minimum absolute atomic E-state index is 0.628. The van der Waals surface area contributed by atoms with Gasteiger partial charge >= 0.3 is 0 Å². The quantitative estimate of drug-likeness (QED) is 0.423. The van der Waals surface area contributed by atoms with Crippen LogP contribution in [0.25, 0.3) is 0 Å². The fourth-order valence-electron chi connectivity index (χ4n) is 1.09. The van der Waals surface area contributed by atoms with Crippen molar-refractivity contribution in [2.75, 3.05) is 31.6 Å². The van der Waals surface area contributed by atoms with Gasteiger partial charge in [0.05, 0.1) is 0 Å². The molecule has 1 saturated heterocycles. The normalized spacial score (nSPS) is 28.8. The predicted octanol–water partition coefficient (Wildman–Crippen LogP) is -0.503. The largest absolute Gasteiger partial charge is 0.300 e. The van der Waals surface area contributed by atoms with Gasteiger partial charge in [-0.15, -0.1) is 0 Å². The topological polar surface area (TPSA) is 41.3 Å². The van der Waals surface area contributed by atoms with Gasteiger partial charge < -0.3 is 4.90 Å². The highest BCUT2D eigenvalue weighted by atomic mass is 32.2. The maximum absolute atomic E-state index is 5.24. The molecule has 0 aromatic heterocycles. The molecule has 10 heavy (non-hydrogen) atoms. The molecule has 1 aliphatic heterocycles. The summed E-state index contributed by atoms with van der Waals surface area (Å²) >= 11 is 2.01. The van der Waals surface area contributed by atoms with Crippen LogP contribution in [-0.2, 0) is 0 Å². The number of nitrogens with two attached hydrogens (primary N) is 1. The van der Waals surface area contributed by atoms with E-state index in [2.05, 4.69) is 17.4 Å². The minimum atomic E-state index is 0.628. The van der Waals surface area contributed by atoms with E-state index < -0.39 is 0 Å². The molecule has 0 aliphatic carbocycles. The van der Waals surface area contributed by atoms with Gasteiger partial charge in [0.15, 0.2) is 0 Å². The summed E-state index contributed by atoms with van der Waals surface area (Å²) < 4.78 is 0. The lowest BCUT2D eigenvalue weighted by molar-refractivity contribution is 0.263. The SMILES string of the molecule is CN1CCSCC1CNN. The van der Waals surface area contributed by atoms with Gasteiger partial charge in [-0.25, -0.2) is 0 Å². The lowest BCUT2D eigenvalue weighted by Gasteiger charge is -2.31. The molecule has 1 atom stereocenters. The van der Waals surface area contributed by atoms with Crippen LogP contribution >= 0.6 is 11.8 Å². The molecule has 1 heterocycles. The molecule has 3 nitrogen and oxygen atoms in total. The smallest absolute Gasteiger partial charge is 0.0322 e. The van der Waals surface area contributed by atoms with Gasteiger partial charge in [-0.1, -0.05) is 0 Å². The molecule has 0 bridgehead atoms. The van der Waals surface area contributed by atoms with Gasteiger partial charge in [0.1, 0.15) is 0 Å². The Balaban J connectivity index is 2.25. The third-order valence-corrected chi connectivity index (χ3v) is 2.97. The van der Waals surface area contributed by atoms with Crippen LogP contribution in [-0.4, -0.2) is 42.6 Å². The molecular weight excluding hydrogens is 146 g/mol. The van der Waals surface area contributed by atoms with E-state index in [1.54, 1.807) is 0 Å². The molecule has 0 radical (unpaired) electrons. The van der Waals surface area contributed by atoms with Gasteiger partial charge in [-0.3, -0.25) is 11.3 Å². The van der Waals surface area contributed by atoms with E-state index in [-0.39, 0.29) is 0 Å². The molecule has 0 aromatic rings. The molecule has 0 spiro atoms. The minimum Gasteiger partial charge on any atom is -0.300 e. The molecule has 1 aliphatic rings. The molecule has 1 fully saturated rings. The average Bonchev–Trinajstić information content (AvgIpc) is 1.94. The Morgan fingerprint density at radius 1 is 1.80 bits per heavy atom. The first kappa shape index (κ1) is 8.33. The number of nitrogens with one attached hydrogen (secondary N) is 1. The van der Waals surface area contributed by atoms with E-state index >= 15 is 0 Å². The van der Waals surface area contributed by atoms with Crippen molar-refractivity contribution in [1.82, 2.24) is 10.3 Å². The van der Waals surface area contributed by atoms with E-state index in [0.717, 1.165) is 6.54 Å². The van der Waals surface area contributed by atoms with E-state index in [4.69, 9.17) is 5.84 Å². The molecule has 0 aromatic carbocycles. The summed E-state index contributed by atoms with van der Waals surface area (Å²) in [5, 5.41) is 0. The zero-order valence-electron chi connectivity index (χ0n) is 6.34. The summed E-state index contributed by atoms with van der Waals surface area (Å²) in [6.07, 6.45) is 0. The second kappa shape index (κ2) is 4.18. The van der Waals surface area contributed by atoms with Crippen molar-refractivity contribution in [2.24, 2.45) is 5.84 Å². The van der Waals surface area contributed by atoms with Crippen molar-refractivity contribution in [2.45, 2.75) is 6.04 Å². The van der Waals surface area contributed by atoms with Gasteiger partial charge in [0, 0.05) is 30.6 Å². The van der Waals surface area contributed by atoms with Crippen LogP contribution in [0.2, 0.25) is 0 Å². The van der Waals surface area contributed by atoms with Gasteiger partial charge in [0.2, 0.25) is 0 Å². The summed E-state index contributed by atoms with van der Waals surface area (Å²) in [5.74, 6) is 7.71. The number of hydrogen-bond acceptors (Lipinski definition) is 4. The number of hydrogen-bond donors (Lipinski definition) is 2. The Morgan fingerprint density at radius 3 is 3.20 bits per heavy atom. The second-order valence-electron chi connectivity index (χ2n) is 2.62. The standard InChI is InChI=1S/C6H15N3S/c1-9-2-3-10-5-6(9)4-8-7/h6,8H,2-5,7H2,1H3. The average molecular weight is 161 g/mol. The molecule has 0 amide bonds. The zero-order valence-corrected chi connectivity index (χ0v) is 7.16. The third kappa shape index (κ3) is 2.12. The number of likely N-dealkylation sites (N-methyl/N-ethyl adjacent to an activating group) is 1. The Hall–Kier alpha value is 0.230. The highest BCUT2D eigenvalue weighted by Crippen LogP contribution is 2.13. The van der Waals surface area contributed by atoms with Crippen molar-refractivity contribution in [3.05, 3.63) is 0 Å². The zero-order chi connectivity index (χ0) is 7.40. The highest BCUT2D eigenvalue weighted by molar-refractivity contribution is 7.99. The van der Waals surface area contributed by atoms with Crippen LogP contribution in [0.1, 0.15) is 0 Å². The van der Waals surface area contributed by atoms with Crippen LogP contribution in [0.5, 0.6) is 0 Å². The molecule has 1 rings (SSSR count). The predicted molar refractivity (Wildman–Crippen MR) is 45.9 cm³/mol. The fourth-order valence-corrected chi connectivity index (χ4v) is 2.32. The monoisotopic (exact) mass is 161 g/mol. The second-order valence-corrected chi connectivity index (χ2v) is 3.77. The summed E-state index contributed by atoms with van der Waals surface area (Å²) in [4.78, 5) is 2.36. The number of hydrazine groups is 1.